The molecule has 0 spiro atoms. The van der Waals surface area contributed by atoms with E-state index in [9.17, 15) is 4.79 Å². The van der Waals surface area contributed by atoms with Gasteiger partial charge in [0, 0.05) is 5.69 Å². The maximum atomic E-state index is 11.8. The van der Waals surface area contributed by atoms with E-state index in [1.807, 2.05) is 0 Å². The number of rotatable bonds is 2. The van der Waals surface area contributed by atoms with Crippen molar-refractivity contribution in [3.8, 4) is 0 Å². The minimum absolute atomic E-state index is 0.0856. The molecule has 7 nitrogen and oxygen atoms in total. The lowest BCUT2D eigenvalue weighted by atomic mass is 10.2. The Bertz CT molecular complexity index is 508. The Morgan fingerprint density at radius 3 is 2.62 bits per heavy atom. The Balaban J connectivity index is 2.21. The molecule has 0 bridgehead atoms. The summed E-state index contributed by atoms with van der Waals surface area (Å²) in [5, 5.41) is 12.7. The Hall–Kier alpha value is -2.18. The summed E-state index contributed by atoms with van der Waals surface area (Å²) in [6, 6.07) is 0.0856. The van der Waals surface area contributed by atoms with Gasteiger partial charge in [-0.25, -0.2) is 0 Å². The van der Waals surface area contributed by atoms with Gasteiger partial charge in [0.25, 0.3) is 5.91 Å². The van der Waals surface area contributed by atoms with Crippen LogP contribution in [0.1, 0.15) is 27.6 Å². The quantitative estimate of drug-likeness (QED) is 0.787. The Morgan fingerprint density at radius 1 is 1.38 bits per heavy atom. The topological polar surface area (TPSA) is 96.7 Å². The molecule has 7 heteroatoms. The third-order valence-electron chi connectivity index (χ3n) is 2.10. The lowest BCUT2D eigenvalue weighted by Gasteiger charge is -1.99. The SMILES string of the molecule is Cc1noc(NC(=O)c2c(C)n[nH]c2C)n1. The molecule has 16 heavy (non-hydrogen) atoms. The summed E-state index contributed by atoms with van der Waals surface area (Å²) in [6.45, 7) is 5.19. The zero-order valence-corrected chi connectivity index (χ0v) is 9.16. The van der Waals surface area contributed by atoms with E-state index < -0.39 is 0 Å². The fraction of sp³-hybridized carbons (Fsp3) is 0.333. The van der Waals surface area contributed by atoms with Crippen molar-refractivity contribution in [3.05, 3.63) is 22.8 Å². The van der Waals surface area contributed by atoms with Crippen LogP contribution in [0, 0.1) is 20.8 Å². The summed E-state index contributed by atoms with van der Waals surface area (Å²) >= 11 is 0. The highest BCUT2D eigenvalue weighted by Gasteiger charge is 2.17. The highest BCUT2D eigenvalue weighted by molar-refractivity contribution is 6.04. The first-order valence-corrected chi connectivity index (χ1v) is 4.71. The fourth-order valence-corrected chi connectivity index (χ4v) is 1.39. The maximum Gasteiger partial charge on any atom is 0.328 e. The largest absolute Gasteiger partial charge is 0.328 e. The van der Waals surface area contributed by atoms with Gasteiger partial charge in [0.05, 0.1) is 11.3 Å². The van der Waals surface area contributed by atoms with Gasteiger partial charge in [0.1, 0.15) is 0 Å². The van der Waals surface area contributed by atoms with E-state index in [1.165, 1.54) is 0 Å². The molecule has 2 aromatic heterocycles. The maximum absolute atomic E-state index is 11.8. The molecule has 0 aliphatic rings. The third-order valence-corrected chi connectivity index (χ3v) is 2.10. The van der Waals surface area contributed by atoms with Gasteiger partial charge in [-0.15, -0.1) is 0 Å². The Morgan fingerprint density at radius 2 is 2.12 bits per heavy atom. The fourth-order valence-electron chi connectivity index (χ4n) is 1.39. The number of hydrogen-bond donors (Lipinski definition) is 2. The monoisotopic (exact) mass is 221 g/mol. The van der Waals surface area contributed by atoms with E-state index in [1.54, 1.807) is 20.8 Å². The van der Waals surface area contributed by atoms with Gasteiger partial charge in [0.15, 0.2) is 5.82 Å². The summed E-state index contributed by atoms with van der Waals surface area (Å²) in [5.41, 5.74) is 1.83. The van der Waals surface area contributed by atoms with Gasteiger partial charge in [-0.3, -0.25) is 15.2 Å². The molecule has 0 radical (unpaired) electrons. The first kappa shape index (κ1) is 10.3. The standard InChI is InChI=1S/C9H11N5O2/c1-4-7(5(2)13-12-4)8(15)11-9-10-6(3)14-16-9/h1-3H3,(H,12,13)(H,10,11,14,15). The highest BCUT2D eigenvalue weighted by atomic mass is 16.5. The molecule has 0 saturated heterocycles. The van der Waals surface area contributed by atoms with E-state index in [4.69, 9.17) is 4.52 Å². The van der Waals surface area contributed by atoms with Gasteiger partial charge in [-0.2, -0.15) is 10.1 Å². The van der Waals surface area contributed by atoms with E-state index in [0.29, 0.717) is 22.8 Å². The van der Waals surface area contributed by atoms with Crippen molar-refractivity contribution in [2.45, 2.75) is 20.8 Å². The average molecular weight is 221 g/mol. The second-order valence-electron chi connectivity index (χ2n) is 3.41. The smallest absolute Gasteiger partial charge is 0.315 e. The van der Waals surface area contributed by atoms with Crippen LogP contribution in [0.15, 0.2) is 4.52 Å². The Labute approximate surface area is 91.2 Å². The van der Waals surface area contributed by atoms with Crippen LogP contribution in [0.4, 0.5) is 6.01 Å². The summed E-state index contributed by atoms with van der Waals surface area (Å²) in [4.78, 5) is 15.7. The average Bonchev–Trinajstić information content (AvgIpc) is 2.74. The van der Waals surface area contributed by atoms with E-state index in [2.05, 4.69) is 25.7 Å². The number of nitrogens with zero attached hydrogens (tertiary/aromatic N) is 3. The number of H-pyrrole nitrogens is 1. The van der Waals surface area contributed by atoms with Crippen molar-refractivity contribution in [2.24, 2.45) is 0 Å². The zero-order valence-electron chi connectivity index (χ0n) is 9.16. The van der Waals surface area contributed by atoms with Gasteiger partial charge < -0.3 is 4.52 Å². The van der Waals surface area contributed by atoms with Crippen LogP contribution < -0.4 is 5.32 Å². The molecular formula is C9H11N5O2. The molecule has 84 valence electrons. The number of carbonyl (C=O) groups excluding carboxylic acids is 1. The summed E-state index contributed by atoms with van der Waals surface area (Å²) in [5.74, 6) is 0.156. The lowest BCUT2D eigenvalue weighted by Crippen LogP contribution is -2.13. The van der Waals surface area contributed by atoms with Crippen molar-refractivity contribution in [1.29, 1.82) is 0 Å². The van der Waals surface area contributed by atoms with Gasteiger partial charge in [0.2, 0.25) is 0 Å². The molecule has 2 aromatic rings. The third kappa shape index (κ3) is 1.79. The molecule has 0 unspecified atom stereocenters. The normalized spacial score (nSPS) is 10.4. The Kier molecular flexibility index (Phi) is 2.43. The van der Waals surface area contributed by atoms with Gasteiger partial charge in [-0.1, -0.05) is 5.16 Å². The van der Waals surface area contributed by atoms with Gasteiger partial charge in [-0.05, 0) is 20.8 Å². The number of hydrogen-bond acceptors (Lipinski definition) is 5. The molecule has 0 aliphatic carbocycles. The summed E-state index contributed by atoms with van der Waals surface area (Å²) in [7, 11) is 0. The number of carbonyl (C=O) groups is 1. The van der Waals surface area contributed by atoms with E-state index in [-0.39, 0.29) is 11.9 Å². The summed E-state index contributed by atoms with van der Waals surface area (Å²) < 4.78 is 4.79. The number of nitrogens with one attached hydrogen (secondary N) is 2. The van der Waals surface area contributed by atoms with Crippen LogP contribution >= 0.6 is 0 Å². The predicted octanol–water partition coefficient (Wildman–Crippen LogP) is 0.970. The predicted molar refractivity (Wildman–Crippen MR) is 55.0 cm³/mol. The molecule has 0 fully saturated rings. The van der Waals surface area contributed by atoms with Gasteiger partial charge >= 0.3 is 6.01 Å². The van der Waals surface area contributed by atoms with E-state index >= 15 is 0 Å². The minimum Gasteiger partial charge on any atom is -0.315 e. The van der Waals surface area contributed by atoms with Crippen molar-refractivity contribution in [3.63, 3.8) is 0 Å². The second-order valence-corrected chi connectivity index (χ2v) is 3.41. The van der Waals surface area contributed by atoms with Crippen LogP contribution in [0.2, 0.25) is 0 Å². The molecule has 0 aliphatic heterocycles. The molecule has 0 atom stereocenters. The van der Waals surface area contributed by atoms with Crippen molar-refractivity contribution >= 4 is 11.9 Å². The van der Waals surface area contributed by atoms with Crippen molar-refractivity contribution in [1.82, 2.24) is 20.3 Å². The molecule has 0 saturated carbocycles. The van der Waals surface area contributed by atoms with Crippen LogP contribution in [-0.2, 0) is 0 Å². The number of aromatic amines is 1. The minimum atomic E-state index is -0.313. The first-order valence-electron chi connectivity index (χ1n) is 4.71. The molecule has 2 rings (SSSR count). The van der Waals surface area contributed by atoms with Crippen molar-refractivity contribution in [2.75, 3.05) is 5.32 Å². The number of anilines is 1. The van der Waals surface area contributed by atoms with Crippen LogP contribution in [0.3, 0.4) is 0 Å². The molecule has 0 aromatic carbocycles. The van der Waals surface area contributed by atoms with E-state index in [0.717, 1.165) is 0 Å². The molecule has 2 heterocycles. The number of amides is 1. The lowest BCUT2D eigenvalue weighted by molar-refractivity contribution is 0.102. The first-order chi connectivity index (χ1) is 7.58. The molecular weight excluding hydrogens is 210 g/mol. The number of aromatic nitrogens is 4. The van der Waals surface area contributed by atoms with Crippen LogP contribution in [0.5, 0.6) is 0 Å². The van der Waals surface area contributed by atoms with Crippen LogP contribution in [-0.4, -0.2) is 26.2 Å². The zero-order chi connectivity index (χ0) is 11.7. The molecule has 1 amide bonds. The second kappa shape index (κ2) is 3.76. The molecule has 2 N–H and O–H groups in total. The van der Waals surface area contributed by atoms with Crippen molar-refractivity contribution < 1.29 is 9.32 Å². The highest BCUT2D eigenvalue weighted by Crippen LogP contribution is 2.12. The summed E-state index contributed by atoms with van der Waals surface area (Å²) in [6.07, 6.45) is 0. The van der Waals surface area contributed by atoms with Crippen LogP contribution in [0.25, 0.3) is 0 Å². The number of aryl methyl sites for hydroxylation is 3.